The number of ether oxygens (including phenoxy) is 4. The Hall–Kier alpha value is -4.57. The van der Waals surface area contributed by atoms with Gasteiger partial charge in [0, 0.05) is 19.7 Å². The van der Waals surface area contributed by atoms with E-state index in [0.29, 0.717) is 16.8 Å². The highest BCUT2D eigenvalue weighted by atomic mass is 31.2. The van der Waals surface area contributed by atoms with E-state index in [2.05, 4.69) is 15.2 Å². The van der Waals surface area contributed by atoms with E-state index in [1.807, 2.05) is 0 Å². The summed E-state index contributed by atoms with van der Waals surface area (Å²) in [6, 6.07) is 7.96. The van der Waals surface area contributed by atoms with Crippen molar-refractivity contribution in [2.45, 2.75) is 91.4 Å². The van der Waals surface area contributed by atoms with Gasteiger partial charge < -0.3 is 34.1 Å². The Morgan fingerprint density at radius 3 is 2.17 bits per heavy atom. The minimum absolute atomic E-state index is 0.0411. The van der Waals surface area contributed by atoms with Gasteiger partial charge in [-0.3, -0.25) is 23.7 Å². The largest absolute Gasteiger partial charge is 0.462 e. The average Bonchev–Trinajstić information content (AvgIpc) is 3.63. The van der Waals surface area contributed by atoms with Gasteiger partial charge >= 0.3 is 25.7 Å². The maximum Gasteiger partial charge on any atom is 0.459 e. The SMILES string of the molecule is CC(C)OC(=O)[C@H](C)N[P@@](=O)(OC[C@@]1(C)O[C@@H](c2ccc3c(N)ncnn23)[C@H](OC(=O)C(C)C)[C@@H]1OC(=O)C(C)C)Oc1ccc(C(=O)N(C)C)cc1. The van der Waals surface area contributed by atoms with E-state index in [9.17, 15) is 23.7 Å². The standard InChI is InChI=1S/C35H49N6O11P/c1-19(2)32(43)49-28-27(25-15-16-26-30(36)37-18-38-41(25)26)51-35(8,29(28)50-33(44)20(3)4)17-47-53(46,39-22(7)34(45)48-21(5)6)52-24-13-11-23(12-14-24)31(42)40(9)10/h11-16,18-22,27-29H,17H2,1-10H3,(H,39,46)(H2,36,37,38)/t22-,27-,28-,29-,35+,53+/m0/s1. The van der Waals surface area contributed by atoms with E-state index >= 15 is 0 Å². The molecule has 0 unspecified atom stereocenters. The first-order valence-electron chi connectivity index (χ1n) is 17.2. The molecule has 2 aromatic heterocycles. The highest BCUT2D eigenvalue weighted by Gasteiger charge is 2.59. The number of carbonyl (C=O) groups excluding carboxylic acids is 4. The van der Waals surface area contributed by atoms with Crippen molar-refractivity contribution < 1.29 is 51.7 Å². The van der Waals surface area contributed by atoms with E-state index in [1.54, 1.807) is 74.7 Å². The van der Waals surface area contributed by atoms with Crippen LogP contribution >= 0.6 is 7.75 Å². The molecule has 17 nitrogen and oxygen atoms in total. The Balaban J connectivity index is 1.76. The fraction of sp³-hybridized carbons (Fsp3) is 0.543. The van der Waals surface area contributed by atoms with Crippen LogP contribution in [0.15, 0.2) is 42.7 Å². The van der Waals surface area contributed by atoms with Crippen LogP contribution in [0.2, 0.25) is 0 Å². The molecule has 53 heavy (non-hydrogen) atoms. The van der Waals surface area contributed by atoms with Crippen LogP contribution in [0.25, 0.3) is 5.52 Å². The van der Waals surface area contributed by atoms with E-state index in [4.69, 9.17) is 33.7 Å². The normalized spacial score (nSPS) is 21.7. The smallest absolute Gasteiger partial charge is 0.459 e. The van der Waals surface area contributed by atoms with Crippen molar-refractivity contribution in [3.8, 4) is 5.75 Å². The highest BCUT2D eigenvalue weighted by molar-refractivity contribution is 7.52. The molecule has 0 saturated carbocycles. The molecule has 0 spiro atoms. The summed E-state index contributed by atoms with van der Waals surface area (Å²) in [7, 11) is -1.32. The number of nitrogens with zero attached hydrogens (tertiary/aromatic N) is 4. The first kappa shape index (κ1) is 41.2. The first-order valence-corrected chi connectivity index (χ1v) is 18.7. The van der Waals surface area contributed by atoms with Crippen molar-refractivity contribution in [2.75, 3.05) is 26.4 Å². The number of nitrogen functional groups attached to an aromatic ring is 1. The Bertz CT molecular complexity index is 1850. The topological polar surface area (TPSA) is 212 Å². The molecule has 1 fully saturated rings. The summed E-state index contributed by atoms with van der Waals surface area (Å²) >= 11 is 0. The van der Waals surface area contributed by atoms with Gasteiger partial charge in [-0.15, -0.1) is 0 Å². The maximum atomic E-state index is 14.6. The van der Waals surface area contributed by atoms with Gasteiger partial charge in [0.15, 0.2) is 18.0 Å². The zero-order valence-corrected chi connectivity index (χ0v) is 32.5. The molecule has 0 bridgehead atoms. The summed E-state index contributed by atoms with van der Waals surface area (Å²) in [6.07, 6.45) is -2.89. The van der Waals surface area contributed by atoms with E-state index in [1.165, 1.54) is 46.9 Å². The monoisotopic (exact) mass is 760 g/mol. The number of aromatic nitrogens is 3. The van der Waals surface area contributed by atoms with Gasteiger partial charge in [0.05, 0.1) is 30.2 Å². The van der Waals surface area contributed by atoms with Gasteiger partial charge in [-0.25, -0.2) is 14.1 Å². The number of anilines is 1. The fourth-order valence-electron chi connectivity index (χ4n) is 5.29. The van der Waals surface area contributed by atoms with Crippen LogP contribution in [0.1, 0.15) is 77.5 Å². The van der Waals surface area contributed by atoms with Crippen LogP contribution in [0.5, 0.6) is 5.75 Å². The molecule has 4 rings (SSSR count). The van der Waals surface area contributed by atoms with Crippen molar-refractivity contribution in [1.82, 2.24) is 24.6 Å². The number of esters is 3. The van der Waals surface area contributed by atoms with Crippen LogP contribution in [-0.4, -0.2) is 94.0 Å². The minimum atomic E-state index is -4.53. The number of nitrogens with two attached hydrogens (primary N) is 1. The number of rotatable bonds is 15. The van der Waals surface area contributed by atoms with Crippen molar-refractivity contribution in [2.24, 2.45) is 11.8 Å². The lowest BCUT2D eigenvalue weighted by molar-refractivity contribution is -0.175. The van der Waals surface area contributed by atoms with E-state index in [-0.39, 0.29) is 17.5 Å². The van der Waals surface area contributed by atoms with Gasteiger partial charge in [0.25, 0.3) is 5.91 Å². The predicted octanol–water partition coefficient (Wildman–Crippen LogP) is 4.11. The summed E-state index contributed by atoms with van der Waals surface area (Å²) in [5.41, 5.74) is 5.62. The zero-order chi connectivity index (χ0) is 39.4. The summed E-state index contributed by atoms with van der Waals surface area (Å²) in [4.78, 5) is 57.1. The summed E-state index contributed by atoms with van der Waals surface area (Å²) < 4.78 is 51.9. The fourth-order valence-corrected chi connectivity index (χ4v) is 6.88. The molecule has 3 aromatic rings. The molecule has 18 heteroatoms. The number of hydrogen-bond donors (Lipinski definition) is 2. The Morgan fingerprint density at radius 1 is 0.962 bits per heavy atom. The minimum Gasteiger partial charge on any atom is -0.462 e. The Kier molecular flexibility index (Phi) is 12.9. The van der Waals surface area contributed by atoms with Crippen LogP contribution in [0.4, 0.5) is 5.82 Å². The van der Waals surface area contributed by atoms with E-state index in [0.717, 1.165) is 0 Å². The van der Waals surface area contributed by atoms with Crippen LogP contribution in [0, 0.1) is 11.8 Å². The third kappa shape index (κ3) is 9.71. The zero-order valence-electron chi connectivity index (χ0n) is 31.6. The van der Waals surface area contributed by atoms with Crippen molar-refractivity contribution in [3.05, 3.63) is 54.0 Å². The van der Waals surface area contributed by atoms with Gasteiger partial charge in [-0.2, -0.15) is 10.2 Å². The summed E-state index contributed by atoms with van der Waals surface area (Å²) in [5.74, 6) is -3.15. The molecular formula is C35H49N6O11P. The molecule has 290 valence electrons. The van der Waals surface area contributed by atoms with Gasteiger partial charge in [-0.05, 0) is 64.1 Å². The lowest BCUT2D eigenvalue weighted by Gasteiger charge is -2.33. The molecule has 1 saturated heterocycles. The van der Waals surface area contributed by atoms with Gasteiger partial charge in [-0.1, -0.05) is 27.7 Å². The number of fused-ring (bicyclic) bond motifs is 1. The molecular weight excluding hydrogens is 711 g/mol. The maximum absolute atomic E-state index is 14.6. The number of nitrogens with one attached hydrogen (secondary N) is 1. The summed E-state index contributed by atoms with van der Waals surface area (Å²) in [6.45, 7) is 12.3. The lowest BCUT2D eigenvalue weighted by Crippen LogP contribution is -2.49. The third-order valence-electron chi connectivity index (χ3n) is 8.15. The number of amides is 1. The Labute approximate surface area is 308 Å². The van der Waals surface area contributed by atoms with Crippen LogP contribution in [-0.2, 0) is 42.4 Å². The van der Waals surface area contributed by atoms with Crippen LogP contribution in [0.3, 0.4) is 0 Å². The Morgan fingerprint density at radius 2 is 1.58 bits per heavy atom. The number of carbonyl (C=O) groups is 4. The molecule has 3 N–H and O–H groups in total. The molecule has 1 aliphatic rings. The van der Waals surface area contributed by atoms with Crippen molar-refractivity contribution in [1.29, 1.82) is 0 Å². The summed E-state index contributed by atoms with van der Waals surface area (Å²) in [5, 5.41) is 6.93. The molecule has 3 heterocycles. The first-order chi connectivity index (χ1) is 24.7. The lowest BCUT2D eigenvalue weighted by atomic mass is 9.95. The van der Waals surface area contributed by atoms with Gasteiger partial charge in [0.2, 0.25) is 0 Å². The van der Waals surface area contributed by atoms with E-state index < -0.39 is 80.2 Å². The van der Waals surface area contributed by atoms with Crippen molar-refractivity contribution in [3.63, 3.8) is 0 Å². The van der Waals surface area contributed by atoms with Crippen molar-refractivity contribution >= 4 is 42.9 Å². The second-order valence-electron chi connectivity index (χ2n) is 14.0. The van der Waals surface area contributed by atoms with Crippen LogP contribution < -0.4 is 15.3 Å². The molecule has 0 radical (unpaired) electrons. The number of hydrogen-bond acceptors (Lipinski definition) is 14. The highest BCUT2D eigenvalue weighted by Crippen LogP contribution is 2.50. The average molecular weight is 761 g/mol. The molecule has 1 amide bonds. The second-order valence-corrected chi connectivity index (χ2v) is 15.7. The molecule has 1 aromatic carbocycles. The molecule has 0 aliphatic carbocycles. The predicted molar refractivity (Wildman–Crippen MR) is 192 cm³/mol. The quantitative estimate of drug-likeness (QED) is 0.127. The van der Waals surface area contributed by atoms with Gasteiger partial charge in [0.1, 0.15) is 35.3 Å². The number of benzene rings is 1. The third-order valence-corrected chi connectivity index (χ3v) is 9.77. The molecule has 1 aliphatic heterocycles. The molecule has 6 atom stereocenters. The second kappa shape index (κ2) is 16.6.